The lowest BCUT2D eigenvalue weighted by atomic mass is 9.49. The Bertz CT molecular complexity index is 369. The zero-order valence-corrected chi connectivity index (χ0v) is 10.1. The summed E-state index contributed by atoms with van der Waals surface area (Å²) in [5.41, 5.74) is -3.29. The smallest absolute Gasteiger partial charge is 0.314 e. The highest BCUT2D eigenvalue weighted by Gasteiger charge is 2.62. The van der Waals surface area contributed by atoms with Crippen LogP contribution in [0, 0.1) is 16.2 Å². The molecular formula is C12H18O4. The first-order chi connectivity index (χ1) is 7.09. The highest BCUT2D eigenvalue weighted by Crippen LogP contribution is 2.57. The summed E-state index contributed by atoms with van der Waals surface area (Å²) < 4.78 is 0. The Morgan fingerprint density at radius 1 is 1.06 bits per heavy atom. The summed E-state index contributed by atoms with van der Waals surface area (Å²) in [6.07, 6.45) is 3.84. The SMILES string of the molecule is CC1(C)CC=CC(C)(C(=O)O)C1(C)C(=O)O. The van der Waals surface area contributed by atoms with Crippen molar-refractivity contribution in [1.82, 2.24) is 0 Å². The molecule has 2 unspecified atom stereocenters. The summed E-state index contributed by atoms with van der Waals surface area (Å²) in [5, 5.41) is 18.7. The van der Waals surface area contributed by atoms with Crippen molar-refractivity contribution in [3.05, 3.63) is 12.2 Å². The van der Waals surface area contributed by atoms with E-state index in [4.69, 9.17) is 0 Å². The molecule has 4 heteroatoms. The monoisotopic (exact) mass is 226 g/mol. The van der Waals surface area contributed by atoms with Gasteiger partial charge in [0.25, 0.3) is 0 Å². The van der Waals surface area contributed by atoms with Crippen LogP contribution in [0.3, 0.4) is 0 Å². The Morgan fingerprint density at radius 3 is 1.88 bits per heavy atom. The molecule has 0 aromatic carbocycles. The third-order valence-corrected chi connectivity index (χ3v) is 4.34. The minimum atomic E-state index is -1.37. The van der Waals surface area contributed by atoms with Gasteiger partial charge < -0.3 is 10.2 Å². The van der Waals surface area contributed by atoms with Crippen molar-refractivity contribution in [3.8, 4) is 0 Å². The minimum absolute atomic E-state index is 0.568. The summed E-state index contributed by atoms with van der Waals surface area (Å²) in [6, 6.07) is 0. The van der Waals surface area contributed by atoms with Gasteiger partial charge in [0.15, 0.2) is 0 Å². The molecule has 0 heterocycles. The molecule has 0 saturated heterocycles. The molecule has 0 aliphatic heterocycles. The summed E-state index contributed by atoms with van der Waals surface area (Å²) in [5.74, 6) is -2.16. The Hall–Kier alpha value is -1.32. The largest absolute Gasteiger partial charge is 0.481 e. The van der Waals surface area contributed by atoms with E-state index in [-0.39, 0.29) is 0 Å². The standard InChI is InChI=1S/C12H18O4/c1-10(2)6-5-7-11(3,8(13)14)12(10,4)9(15)16/h5,7H,6H2,1-4H3,(H,13,14)(H,15,16). The molecule has 1 aliphatic rings. The summed E-state index contributed by atoms with van der Waals surface area (Å²) in [7, 11) is 0. The third-order valence-electron chi connectivity index (χ3n) is 4.34. The van der Waals surface area contributed by atoms with Crippen LogP contribution in [-0.4, -0.2) is 22.2 Å². The number of allylic oxidation sites excluding steroid dienone is 1. The zero-order valence-electron chi connectivity index (χ0n) is 10.1. The van der Waals surface area contributed by atoms with E-state index >= 15 is 0 Å². The van der Waals surface area contributed by atoms with Gasteiger partial charge in [-0.25, -0.2) is 0 Å². The van der Waals surface area contributed by atoms with E-state index in [0.29, 0.717) is 6.42 Å². The second kappa shape index (κ2) is 3.34. The topological polar surface area (TPSA) is 74.6 Å². The van der Waals surface area contributed by atoms with E-state index in [1.54, 1.807) is 19.9 Å². The highest BCUT2D eigenvalue weighted by atomic mass is 16.4. The molecule has 0 aromatic rings. The molecule has 2 atom stereocenters. The fourth-order valence-electron chi connectivity index (χ4n) is 2.46. The van der Waals surface area contributed by atoms with Crippen molar-refractivity contribution >= 4 is 11.9 Å². The van der Waals surface area contributed by atoms with Crippen LogP contribution in [0.5, 0.6) is 0 Å². The van der Waals surface area contributed by atoms with Gasteiger partial charge in [0.1, 0.15) is 0 Å². The second-order valence-corrected chi connectivity index (χ2v) is 5.43. The molecule has 2 N–H and O–H groups in total. The van der Waals surface area contributed by atoms with Crippen LogP contribution in [0.4, 0.5) is 0 Å². The van der Waals surface area contributed by atoms with Gasteiger partial charge in [0, 0.05) is 0 Å². The van der Waals surface area contributed by atoms with Crippen LogP contribution in [0.15, 0.2) is 12.2 Å². The van der Waals surface area contributed by atoms with Crippen molar-refractivity contribution in [2.75, 3.05) is 0 Å². The van der Waals surface area contributed by atoms with Gasteiger partial charge in [-0.1, -0.05) is 26.0 Å². The van der Waals surface area contributed by atoms with Crippen molar-refractivity contribution in [2.45, 2.75) is 34.1 Å². The van der Waals surface area contributed by atoms with Gasteiger partial charge in [0.05, 0.1) is 10.8 Å². The van der Waals surface area contributed by atoms with Crippen molar-refractivity contribution < 1.29 is 19.8 Å². The molecule has 0 saturated carbocycles. The van der Waals surface area contributed by atoms with E-state index in [2.05, 4.69) is 0 Å². The molecule has 0 bridgehead atoms. The number of rotatable bonds is 2. The molecule has 4 nitrogen and oxygen atoms in total. The van der Waals surface area contributed by atoms with Gasteiger partial charge in [-0.05, 0) is 25.7 Å². The summed E-state index contributed by atoms with van der Waals surface area (Å²) >= 11 is 0. The van der Waals surface area contributed by atoms with Crippen LogP contribution in [0.1, 0.15) is 34.1 Å². The number of hydrogen-bond donors (Lipinski definition) is 2. The normalized spacial score (nSPS) is 37.0. The third kappa shape index (κ3) is 1.29. The molecule has 90 valence electrons. The van der Waals surface area contributed by atoms with E-state index in [1.165, 1.54) is 19.9 Å². The van der Waals surface area contributed by atoms with Gasteiger partial charge in [-0.15, -0.1) is 0 Å². The van der Waals surface area contributed by atoms with Crippen LogP contribution in [0.2, 0.25) is 0 Å². The Kier molecular flexibility index (Phi) is 2.66. The van der Waals surface area contributed by atoms with Crippen LogP contribution >= 0.6 is 0 Å². The van der Waals surface area contributed by atoms with Gasteiger partial charge >= 0.3 is 11.9 Å². The number of carboxylic acid groups (broad SMARTS) is 2. The first-order valence-electron chi connectivity index (χ1n) is 5.24. The minimum Gasteiger partial charge on any atom is -0.481 e. The summed E-state index contributed by atoms with van der Waals surface area (Å²) in [4.78, 5) is 22.9. The van der Waals surface area contributed by atoms with E-state index in [0.717, 1.165) is 0 Å². The Labute approximate surface area is 95.0 Å². The fourth-order valence-corrected chi connectivity index (χ4v) is 2.46. The van der Waals surface area contributed by atoms with Gasteiger partial charge in [0.2, 0.25) is 0 Å². The van der Waals surface area contributed by atoms with Crippen molar-refractivity contribution in [1.29, 1.82) is 0 Å². The Balaban J connectivity index is 3.50. The Morgan fingerprint density at radius 2 is 1.56 bits per heavy atom. The first kappa shape index (κ1) is 12.7. The summed E-state index contributed by atoms with van der Waals surface area (Å²) in [6.45, 7) is 6.59. The number of aliphatic carboxylic acids is 2. The second-order valence-electron chi connectivity index (χ2n) is 5.43. The molecule has 0 fully saturated rings. The van der Waals surface area contributed by atoms with Crippen molar-refractivity contribution in [3.63, 3.8) is 0 Å². The molecular weight excluding hydrogens is 208 g/mol. The molecule has 16 heavy (non-hydrogen) atoms. The van der Waals surface area contributed by atoms with Crippen LogP contribution in [0.25, 0.3) is 0 Å². The number of carbonyl (C=O) groups is 2. The molecule has 0 aromatic heterocycles. The fraction of sp³-hybridized carbons (Fsp3) is 0.667. The molecule has 0 radical (unpaired) electrons. The van der Waals surface area contributed by atoms with E-state index in [1.807, 2.05) is 0 Å². The number of hydrogen-bond acceptors (Lipinski definition) is 2. The van der Waals surface area contributed by atoms with E-state index < -0.39 is 28.2 Å². The zero-order chi connectivity index (χ0) is 12.8. The average molecular weight is 226 g/mol. The predicted octanol–water partition coefficient (Wildman–Crippen LogP) is 2.15. The molecule has 0 spiro atoms. The maximum Gasteiger partial charge on any atom is 0.314 e. The maximum atomic E-state index is 11.5. The lowest BCUT2D eigenvalue weighted by Crippen LogP contribution is -2.57. The molecule has 1 aliphatic carbocycles. The van der Waals surface area contributed by atoms with Crippen LogP contribution < -0.4 is 0 Å². The number of carboxylic acids is 2. The lowest BCUT2D eigenvalue weighted by Gasteiger charge is -2.51. The highest BCUT2D eigenvalue weighted by molar-refractivity contribution is 5.89. The lowest BCUT2D eigenvalue weighted by molar-refractivity contribution is -0.179. The van der Waals surface area contributed by atoms with Gasteiger partial charge in [-0.2, -0.15) is 0 Å². The van der Waals surface area contributed by atoms with Crippen LogP contribution in [-0.2, 0) is 9.59 Å². The molecule has 1 rings (SSSR count). The molecule has 0 amide bonds. The van der Waals surface area contributed by atoms with Gasteiger partial charge in [-0.3, -0.25) is 9.59 Å². The maximum absolute atomic E-state index is 11.5. The quantitative estimate of drug-likeness (QED) is 0.707. The van der Waals surface area contributed by atoms with E-state index in [9.17, 15) is 19.8 Å². The average Bonchev–Trinajstić information content (AvgIpc) is 2.12. The first-order valence-corrected chi connectivity index (χ1v) is 5.24. The van der Waals surface area contributed by atoms with Crippen molar-refractivity contribution in [2.24, 2.45) is 16.2 Å². The predicted molar refractivity (Wildman–Crippen MR) is 59.0 cm³/mol.